The van der Waals surface area contributed by atoms with Crippen molar-refractivity contribution in [2.75, 3.05) is 18.8 Å². The van der Waals surface area contributed by atoms with Crippen LogP contribution in [0.2, 0.25) is 0 Å². The fourth-order valence-corrected chi connectivity index (χ4v) is 2.86. The molecule has 2 aromatic rings. The Bertz CT molecular complexity index is 513. The Morgan fingerprint density at radius 3 is 2.84 bits per heavy atom. The molecule has 3 N–H and O–H groups in total. The summed E-state index contributed by atoms with van der Waals surface area (Å²) < 4.78 is 0. The van der Waals surface area contributed by atoms with E-state index in [1.165, 1.54) is 24.0 Å². The van der Waals surface area contributed by atoms with Crippen molar-refractivity contribution in [3.05, 3.63) is 47.8 Å². The fourth-order valence-electron chi connectivity index (χ4n) is 2.86. The van der Waals surface area contributed by atoms with Gasteiger partial charge in [0.15, 0.2) is 0 Å². The maximum absolute atomic E-state index is 5.82. The van der Waals surface area contributed by atoms with Crippen LogP contribution in [0.5, 0.6) is 0 Å². The van der Waals surface area contributed by atoms with E-state index in [1.807, 2.05) is 24.5 Å². The molecule has 4 nitrogen and oxygen atoms in total. The van der Waals surface area contributed by atoms with Crippen molar-refractivity contribution < 1.29 is 0 Å². The molecular formula is C15H20N4. The van der Waals surface area contributed by atoms with Gasteiger partial charge in [-0.2, -0.15) is 5.10 Å². The topological polar surface area (TPSA) is 57.9 Å². The third-order valence-electron chi connectivity index (χ3n) is 3.94. The minimum absolute atomic E-state index is 0.663. The van der Waals surface area contributed by atoms with E-state index in [2.05, 4.69) is 27.2 Å². The highest BCUT2D eigenvalue weighted by Gasteiger charge is 2.21. The first-order valence-corrected chi connectivity index (χ1v) is 6.87. The van der Waals surface area contributed by atoms with Crippen LogP contribution >= 0.6 is 0 Å². The summed E-state index contributed by atoms with van der Waals surface area (Å²) in [4.78, 5) is 2.51. The second kappa shape index (κ2) is 5.45. The Balaban J connectivity index is 1.56. The molecule has 0 spiro atoms. The van der Waals surface area contributed by atoms with E-state index in [-0.39, 0.29) is 0 Å². The summed E-state index contributed by atoms with van der Waals surface area (Å²) in [6.45, 7) is 3.29. The smallest absolute Gasteiger partial charge is 0.0522 e. The number of H-pyrrole nitrogens is 1. The highest BCUT2D eigenvalue weighted by atomic mass is 15.1. The molecule has 1 fully saturated rings. The van der Waals surface area contributed by atoms with Crippen LogP contribution < -0.4 is 5.73 Å². The molecule has 1 aliphatic heterocycles. The van der Waals surface area contributed by atoms with Gasteiger partial charge in [-0.1, -0.05) is 12.1 Å². The summed E-state index contributed by atoms with van der Waals surface area (Å²) >= 11 is 0. The quantitative estimate of drug-likeness (QED) is 0.829. The lowest BCUT2D eigenvalue weighted by Gasteiger charge is -2.31. The summed E-state index contributed by atoms with van der Waals surface area (Å²) in [5.41, 5.74) is 9.33. The van der Waals surface area contributed by atoms with Gasteiger partial charge in [-0.25, -0.2) is 0 Å². The number of nitrogens with zero attached hydrogens (tertiary/aromatic N) is 2. The van der Waals surface area contributed by atoms with Crippen molar-refractivity contribution >= 4 is 5.69 Å². The molecule has 1 aromatic carbocycles. The molecule has 0 radical (unpaired) electrons. The van der Waals surface area contributed by atoms with Crippen molar-refractivity contribution in [2.24, 2.45) is 0 Å². The molecule has 100 valence electrons. The minimum atomic E-state index is 0.663. The van der Waals surface area contributed by atoms with Crippen LogP contribution in [0, 0.1) is 0 Å². The van der Waals surface area contributed by atoms with Crippen molar-refractivity contribution in [3.8, 4) is 0 Å². The van der Waals surface area contributed by atoms with Gasteiger partial charge in [-0.05, 0) is 55.1 Å². The normalized spacial score (nSPS) is 17.7. The largest absolute Gasteiger partial charge is 0.399 e. The van der Waals surface area contributed by atoms with E-state index in [9.17, 15) is 0 Å². The Labute approximate surface area is 113 Å². The van der Waals surface area contributed by atoms with Gasteiger partial charge < -0.3 is 5.73 Å². The summed E-state index contributed by atoms with van der Waals surface area (Å²) in [5.74, 6) is 0.663. The van der Waals surface area contributed by atoms with E-state index in [0.29, 0.717) is 5.92 Å². The number of hydrogen-bond donors (Lipinski definition) is 2. The van der Waals surface area contributed by atoms with Crippen molar-refractivity contribution in [1.82, 2.24) is 15.1 Å². The summed E-state index contributed by atoms with van der Waals surface area (Å²) in [7, 11) is 0. The van der Waals surface area contributed by atoms with Gasteiger partial charge in [0.1, 0.15) is 0 Å². The van der Waals surface area contributed by atoms with Gasteiger partial charge in [-0.3, -0.25) is 10.00 Å². The Kier molecular flexibility index (Phi) is 3.51. The zero-order valence-electron chi connectivity index (χ0n) is 11.0. The van der Waals surface area contributed by atoms with Gasteiger partial charge >= 0.3 is 0 Å². The van der Waals surface area contributed by atoms with E-state index >= 15 is 0 Å². The van der Waals surface area contributed by atoms with Gasteiger partial charge in [-0.15, -0.1) is 0 Å². The molecule has 3 rings (SSSR count). The number of aromatic nitrogens is 2. The molecular weight excluding hydrogens is 236 g/mol. The second-order valence-corrected chi connectivity index (χ2v) is 5.33. The maximum atomic E-state index is 5.82. The van der Waals surface area contributed by atoms with Crippen molar-refractivity contribution in [2.45, 2.75) is 25.3 Å². The first-order valence-electron chi connectivity index (χ1n) is 6.87. The predicted molar refractivity (Wildman–Crippen MR) is 76.7 cm³/mol. The standard InChI is InChI=1S/C15H20N4/c16-15-3-1-2-12(8-15)11-19-6-4-13(5-7-19)14-9-17-18-10-14/h1-3,8-10,13H,4-7,11,16H2,(H,17,18). The Morgan fingerprint density at radius 2 is 2.16 bits per heavy atom. The number of likely N-dealkylation sites (tertiary alicyclic amines) is 1. The lowest BCUT2D eigenvalue weighted by molar-refractivity contribution is 0.204. The lowest BCUT2D eigenvalue weighted by atomic mass is 9.91. The maximum Gasteiger partial charge on any atom is 0.0522 e. The summed E-state index contributed by atoms with van der Waals surface area (Å²) in [5, 5.41) is 6.95. The van der Waals surface area contributed by atoms with Gasteiger partial charge in [0.2, 0.25) is 0 Å². The van der Waals surface area contributed by atoms with Crippen LogP contribution in [0.25, 0.3) is 0 Å². The van der Waals surface area contributed by atoms with Crippen molar-refractivity contribution in [3.63, 3.8) is 0 Å². The molecule has 19 heavy (non-hydrogen) atoms. The number of nitrogens with two attached hydrogens (primary N) is 1. The SMILES string of the molecule is Nc1cccc(CN2CCC(c3cn[nH]c3)CC2)c1. The molecule has 0 bridgehead atoms. The van der Waals surface area contributed by atoms with Gasteiger partial charge in [0.25, 0.3) is 0 Å². The summed E-state index contributed by atoms with van der Waals surface area (Å²) in [6.07, 6.45) is 6.40. The number of aromatic amines is 1. The van der Waals surface area contributed by atoms with Gasteiger partial charge in [0.05, 0.1) is 6.20 Å². The molecule has 2 heterocycles. The lowest BCUT2D eigenvalue weighted by Crippen LogP contribution is -2.32. The number of piperidine rings is 1. The molecule has 1 aliphatic rings. The minimum Gasteiger partial charge on any atom is -0.399 e. The molecule has 0 amide bonds. The first-order chi connectivity index (χ1) is 9.31. The van der Waals surface area contributed by atoms with E-state index in [4.69, 9.17) is 5.73 Å². The van der Waals surface area contributed by atoms with E-state index in [0.717, 1.165) is 25.3 Å². The number of rotatable bonds is 3. The molecule has 4 heteroatoms. The van der Waals surface area contributed by atoms with Crippen LogP contribution in [-0.4, -0.2) is 28.2 Å². The zero-order chi connectivity index (χ0) is 13.1. The van der Waals surface area contributed by atoms with Crippen LogP contribution in [0.1, 0.15) is 29.9 Å². The highest BCUT2D eigenvalue weighted by molar-refractivity contribution is 5.40. The zero-order valence-corrected chi connectivity index (χ0v) is 11.0. The van der Waals surface area contributed by atoms with E-state index in [1.54, 1.807) is 0 Å². The molecule has 0 saturated carbocycles. The number of benzene rings is 1. The third kappa shape index (κ3) is 2.96. The summed E-state index contributed by atoms with van der Waals surface area (Å²) in [6, 6.07) is 8.19. The molecule has 0 atom stereocenters. The second-order valence-electron chi connectivity index (χ2n) is 5.33. The average Bonchev–Trinajstić information content (AvgIpc) is 2.94. The number of anilines is 1. The third-order valence-corrected chi connectivity index (χ3v) is 3.94. The predicted octanol–water partition coefficient (Wildman–Crippen LogP) is 2.37. The van der Waals surface area contributed by atoms with Crippen LogP contribution in [0.4, 0.5) is 5.69 Å². The first kappa shape index (κ1) is 12.2. The Hall–Kier alpha value is -1.81. The molecule has 0 unspecified atom stereocenters. The number of hydrogen-bond acceptors (Lipinski definition) is 3. The monoisotopic (exact) mass is 256 g/mol. The van der Waals surface area contributed by atoms with Crippen LogP contribution in [0.15, 0.2) is 36.7 Å². The number of nitrogen functional groups attached to an aromatic ring is 1. The van der Waals surface area contributed by atoms with Gasteiger partial charge in [0, 0.05) is 18.4 Å². The Morgan fingerprint density at radius 1 is 1.32 bits per heavy atom. The fraction of sp³-hybridized carbons (Fsp3) is 0.400. The van der Waals surface area contributed by atoms with Crippen LogP contribution in [0.3, 0.4) is 0 Å². The molecule has 1 saturated heterocycles. The highest BCUT2D eigenvalue weighted by Crippen LogP contribution is 2.27. The van der Waals surface area contributed by atoms with Crippen molar-refractivity contribution in [1.29, 1.82) is 0 Å². The number of nitrogens with one attached hydrogen (secondary N) is 1. The molecule has 1 aromatic heterocycles. The van der Waals surface area contributed by atoms with Crippen LogP contribution in [-0.2, 0) is 6.54 Å². The average molecular weight is 256 g/mol. The van der Waals surface area contributed by atoms with E-state index < -0.39 is 0 Å². The molecule has 0 aliphatic carbocycles.